The van der Waals surface area contributed by atoms with E-state index in [1.807, 2.05) is 24.8 Å². The molecule has 0 saturated carbocycles. The van der Waals surface area contributed by atoms with Crippen LogP contribution in [-0.2, 0) is 5.75 Å². The Morgan fingerprint density at radius 1 is 1.00 bits per heavy atom. The highest BCUT2D eigenvalue weighted by Gasteiger charge is 2.05. The van der Waals surface area contributed by atoms with Crippen LogP contribution in [0.1, 0.15) is 16.7 Å². The third kappa shape index (κ3) is 2.83. The molecule has 0 radical (unpaired) electrons. The molecular formula is C15H17NS. The second-order valence-corrected chi connectivity index (χ2v) is 5.21. The summed E-state index contributed by atoms with van der Waals surface area (Å²) in [6.07, 6.45) is 0. The molecule has 1 nitrogen and oxygen atoms in total. The van der Waals surface area contributed by atoms with Gasteiger partial charge in [0.05, 0.1) is 0 Å². The van der Waals surface area contributed by atoms with E-state index in [-0.39, 0.29) is 0 Å². The Morgan fingerprint density at radius 2 is 1.71 bits per heavy atom. The molecule has 2 aromatic rings. The molecule has 0 unspecified atom stereocenters. The number of benzene rings is 2. The molecule has 0 spiro atoms. The summed E-state index contributed by atoms with van der Waals surface area (Å²) < 4.78 is 0. The SMILES string of the molecule is Cc1ccc(SCc2ccccc2)c(C)c1N. The summed E-state index contributed by atoms with van der Waals surface area (Å²) in [7, 11) is 0. The zero-order valence-corrected chi connectivity index (χ0v) is 11.1. The van der Waals surface area contributed by atoms with E-state index in [9.17, 15) is 0 Å². The minimum Gasteiger partial charge on any atom is -0.398 e. The van der Waals surface area contributed by atoms with Gasteiger partial charge in [-0.05, 0) is 36.6 Å². The van der Waals surface area contributed by atoms with Gasteiger partial charge in [0.25, 0.3) is 0 Å². The third-order valence-electron chi connectivity index (χ3n) is 2.92. The number of nitrogens with two attached hydrogens (primary N) is 1. The summed E-state index contributed by atoms with van der Waals surface area (Å²) >= 11 is 1.84. The monoisotopic (exact) mass is 243 g/mol. The quantitative estimate of drug-likeness (QED) is 0.646. The minimum atomic E-state index is 0.920. The number of rotatable bonds is 3. The minimum absolute atomic E-state index is 0.920. The van der Waals surface area contributed by atoms with Crippen molar-refractivity contribution in [3.63, 3.8) is 0 Å². The van der Waals surface area contributed by atoms with Crippen LogP contribution in [0.2, 0.25) is 0 Å². The van der Waals surface area contributed by atoms with E-state index in [1.165, 1.54) is 16.0 Å². The van der Waals surface area contributed by atoms with Crippen LogP contribution in [0.15, 0.2) is 47.4 Å². The molecule has 0 atom stereocenters. The third-order valence-corrected chi connectivity index (χ3v) is 4.15. The zero-order chi connectivity index (χ0) is 12.3. The highest BCUT2D eigenvalue weighted by Crippen LogP contribution is 2.30. The molecule has 0 aliphatic rings. The molecule has 0 fully saturated rings. The van der Waals surface area contributed by atoms with Gasteiger partial charge in [-0.15, -0.1) is 11.8 Å². The van der Waals surface area contributed by atoms with Gasteiger partial charge >= 0.3 is 0 Å². The normalized spacial score (nSPS) is 10.5. The summed E-state index contributed by atoms with van der Waals surface area (Å²) in [5.74, 6) is 0.990. The lowest BCUT2D eigenvalue weighted by Crippen LogP contribution is -1.95. The molecule has 17 heavy (non-hydrogen) atoms. The first-order chi connectivity index (χ1) is 8.18. The maximum atomic E-state index is 6.04. The van der Waals surface area contributed by atoms with E-state index in [2.05, 4.69) is 43.3 Å². The summed E-state index contributed by atoms with van der Waals surface area (Å²) in [6, 6.07) is 14.8. The fraction of sp³-hybridized carbons (Fsp3) is 0.200. The molecule has 0 aromatic heterocycles. The maximum absolute atomic E-state index is 6.04. The molecule has 2 rings (SSSR count). The Morgan fingerprint density at radius 3 is 2.41 bits per heavy atom. The van der Waals surface area contributed by atoms with Gasteiger partial charge in [0.2, 0.25) is 0 Å². The molecule has 2 heteroatoms. The average Bonchev–Trinajstić information content (AvgIpc) is 2.36. The van der Waals surface area contributed by atoms with Crippen LogP contribution in [0.25, 0.3) is 0 Å². The number of thioether (sulfide) groups is 1. The first kappa shape index (κ1) is 12.1. The Hall–Kier alpha value is -1.41. The van der Waals surface area contributed by atoms with Gasteiger partial charge in [-0.3, -0.25) is 0 Å². The summed E-state index contributed by atoms with van der Waals surface area (Å²) in [5.41, 5.74) is 10.7. The number of anilines is 1. The Kier molecular flexibility index (Phi) is 3.75. The molecule has 0 heterocycles. The van der Waals surface area contributed by atoms with Crippen molar-refractivity contribution in [1.29, 1.82) is 0 Å². The van der Waals surface area contributed by atoms with Crippen molar-refractivity contribution in [3.05, 3.63) is 59.2 Å². The molecular weight excluding hydrogens is 226 g/mol. The van der Waals surface area contributed by atoms with Gasteiger partial charge in [-0.2, -0.15) is 0 Å². The summed E-state index contributed by atoms with van der Waals surface area (Å²) in [6.45, 7) is 4.14. The fourth-order valence-electron chi connectivity index (χ4n) is 1.74. The zero-order valence-electron chi connectivity index (χ0n) is 10.2. The van der Waals surface area contributed by atoms with Gasteiger partial charge in [0.15, 0.2) is 0 Å². The topological polar surface area (TPSA) is 26.0 Å². The van der Waals surface area contributed by atoms with Crippen molar-refractivity contribution in [2.75, 3.05) is 5.73 Å². The van der Waals surface area contributed by atoms with Gasteiger partial charge in [0.1, 0.15) is 0 Å². The number of aryl methyl sites for hydroxylation is 1. The first-order valence-electron chi connectivity index (χ1n) is 5.71. The van der Waals surface area contributed by atoms with E-state index < -0.39 is 0 Å². The van der Waals surface area contributed by atoms with Crippen molar-refractivity contribution in [1.82, 2.24) is 0 Å². The van der Waals surface area contributed by atoms with Crippen LogP contribution < -0.4 is 5.73 Å². The van der Waals surface area contributed by atoms with E-state index in [0.717, 1.165) is 17.0 Å². The molecule has 0 aliphatic carbocycles. The molecule has 0 bridgehead atoms. The fourth-order valence-corrected chi connectivity index (χ4v) is 2.74. The lowest BCUT2D eigenvalue weighted by Gasteiger charge is -2.10. The molecule has 88 valence electrons. The second kappa shape index (κ2) is 5.28. The van der Waals surface area contributed by atoms with Crippen LogP contribution in [0.3, 0.4) is 0 Å². The second-order valence-electron chi connectivity index (χ2n) is 4.19. The first-order valence-corrected chi connectivity index (χ1v) is 6.69. The largest absolute Gasteiger partial charge is 0.398 e. The van der Waals surface area contributed by atoms with Crippen molar-refractivity contribution in [2.45, 2.75) is 24.5 Å². The Balaban J connectivity index is 2.13. The van der Waals surface area contributed by atoms with Crippen LogP contribution in [0, 0.1) is 13.8 Å². The van der Waals surface area contributed by atoms with E-state index in [1.54, 1.807) is 0 Å². The van der Waals surface area contributed by atoms with Gasteiger partial charge in [0, 0.05) is 16.3 Å². The van der Waals surface area contributed by atoms with E-state index >= 15 is 0 Å². The number of hydrogen-bond acceptors (Lipinski definition) is 2. The number of hydrogen-bond donors (Lipinski definition) is 1. The van der Waals surface area contributed by atoms with Crippen molar-refractivity contribution in [2.24, 2.45) is 0 Å². The van der Waals surface area contributed by atoms with Crippen molar-refractivity contribution in [3.8, 4) is 0 Å². The lowest BCUT2D eigenvalue weighted by atomic mass is 10.1. The predicted molar refractivity (Wildman–Crippen MR) is 76.3 cm³/mol. The van der Waals surface area contributed by atoms with Crippen LogP contribution >= 0.6 is 11.8 Å². The van der Waals surface area contributed by atoms with Crippen LogP contribution in [0.5, 0.6) is 0 Å². The van der Waals surface area contributed by atoms with Gasteiger partial charge in [-0.1, -0.05) is 36.4 Å². The van der Waals surface area contributed by atoms with E-state index in [4.69, 9.17) is 5.73 Å². The molecule has 2 aromatic carbocycles. The maximum Gasteiger partial charge on any atom is 0.0384 e. The molecule has 2 N–H and O–H groups in total. The Bertz CT molecular complexity index is 506. The highest BCUT2D eigenvalue weighted by molar-refractivity contribution is 7.98. The van der Waals surface area contributed by atoms with Crippen LogP contribution in [0.4, 0.5) is 5.69 Å². The molecule has 0 aliphatic heterocycles. The summed E-state index contributed by atoms with van der Waals surface area (Å²) in [4.78, 5) is 1.27. The average molecular weight is 243 g/mol. The van der Waals surface area contributed by atoms with Crippen LogP contribution in [-0.4, -0.2) is 0 Å². The van der Waals surface area contributed by atoms with Crippen molar-refractivity contribution >= 4 is 17.4 Å². The van der Waals surface area contributed by atoms with Gasteiger partial charge < -0.3 is 5.73 Å². The van der Waals surface area contributed by atoms with Gasteiger partial charge in [-0.25, -0.2) is 0 Å². The highest BCUT2D eigenvalue weighted by atomic mass is 32.2. The molecule has 0 saturated heterocycles. The standard InChI is InChI=1S/C15H17NS/c1-11-8-9-14(12(2)15(11)16)17-10-13-6-4-3-5-7-13/h3-9H,10,16H2,1-2H3. The number of nitrogen functional groups attached to an aromatic ring is 1. The lowest BCUT2D eigenvalue weighted by molar-refractivity contribution is 1.26. The molecule has 0 amide bonds. The summed E-state index contributed by atoms with van der Waals surface area (Å²) in [5, 5.41) is 0. The smallest absolute Gasteiger partial charge is 0.0384 e. The van der Waals surface area contributed by atoms with E-state index in [0.29, 0.717) is 0 Å². The van der Waals surface area contributed by atoms with Crippen molar-refractivity contribution < 1.29 is 0 Å². The Labute approximate surface area is 107 Å². The predicted octanol–water partition coefficient (Wildman–Crippen LogP) is 4.18.